The van der Waals surface area contributed by atoms with Crippen molar-refractivity contribution in [1.82, 2.24) is 10.3 Å². The number of carbonyl (C=O) groups is 2. The van der Waals surface area contributed by atoms with Crippen molar-refractivity contribution >= 4 is 11.8 Å². The average Bonchev–Trinajstić information content (AvgIpc) is 3.40. The van der Waals surface area contributed by atoms with Crippen LogP contribution < -0.4 is 15.8 Å². The number of ether oxygens (including phenoxy) is 1. The Morgan fingerprint density at radius 1 is 1.30 bits per heavy atom. The largest absolute Gasteiger partial charge is 0.477 e. The molecule has 2 aliphatic rings. The van der Waals surface area contributed by atoms with Crippen LogP contribution in [0.5, 0.6) is 5.88 Å². The molecule has 6 heteroatoms. The van der Waals surface area contributed by atoms with Crippen molar-refractivity contribution in [1.29, 1.82) is 0 Å². The van der Waals surface area contributed by atoms with Crippen LogP contribution in [-0.4, -0.2) is 29.4 Å². The van der Waals surface area contributed by atoms with Crippen molar-refractivity contribution in [3.63, 3.8) is 0 Å². The summed E-state index contributed by atoms with van der Waals surface area (Å²) in [6.07, 6.45) is 5.20. The van der Waals surface area contributed by atoms with Crippen molar-refractivity contribution in [2.45, 2.75) is 45.1 Å². The average molecular weight is 317 g/mol. The summed E-state index contributed by atoms with van der Waals surface area (Å²) in [7, 11) is 0. The molecule has 2 aliphatic carbocycles. The normalized spacial score (nSPS) is 18.3. The summed E-state index contributed by atoms with van der Waals surface area (Å²) in [4.78, 5) is 28.1. The Labute approximate surface area is 135 Å². The molecule has 6 nitrogen and oxygen atoms in total. The lowest BCUT2D eigenvalue weighted by molar-refractivity contribution is -0.120. The van der Waals surface area contributed by atoms with E-state index in [2.05, 4.69) is 10.3 Å². The number of aryl methyl sites for hydroxylation is 1. The maximum Gasteiger partial charge on any atom is 0.270 e. The van der Waals surface area contributed by atoms with Gasteiger partial charge in [0.15, 0.2) is 0 Å². The molecule has 0 spiro atoms. The van der Waals surface area contributed by atoms with Crippen molar-refractivity contribution < 1.29 is 14.3 Å². The molecule has 1 heterocycles. The van der Waals surface area contributed by atoms with E-state index in [0.717, 1.165) is 18.4 Å². The van der Waals surface area contributed by atoms with Crippen LogP contribution in [0.2, 0.25) is 0 Å². The van der Waals surface area contributed by atoms with Gasteiger partial charge in [0.1, 0.15) is 11.7 Å². The zero-order chi connectivity index (χ0) is 16.4. The fraction of sp³-hybridized carbons (Fsp3) is 0.588. The zero-order valence-corrected chi connectivity index (χ0v) is 13.4. The van der Waals surface area contributed by atoms with E-state index in [0.29, 0.717) is 30.7 Å². The molecule has 0 bridgehead atoms. The number of nitrogens with two attached hydrogens (primary N) is 1. The Balaban J connectivity index is 1.64. The minimum atomic E-state index is -0.631. The van der Waals surface area contributed by atoms with Gasteiger partial charge in [0.25, 0.3) is 5.91 Å². The Morgan fingerprint density at radius 3 is 2.61 bits per heavy atom. The number of amides is 2. The summed E-state index contributed by atoms with van der Waals surface area (Å²) >= 11 is 0. The van der Waals surface area contributed by atoms with Crippen molar-refractivity contribution in [2.75, 3.05) is 6.61 Å². The van der Waals surface area contributed by atoms with Crippen molar-refractivity contribution in [2.24, 2.45) is 17.6 Å². The minimum absolute atomic E-state index is 0.253. The maximum absolute atomic E-state index is 12.3. The topological polar surface area (TPSA) is 94.3 Å². The quantitative estimate of drug-likeness (QED) is 0.761. The van der Waals surface area contributed by atoms with E-state index < -0.39 is 11.9 Å². The van der Waals surface area contributed by atoms with Gasteiger partial charge in [0.2, 0.25) is 11.8 Å². The number of hydrogen-bond acceptors (Lipinski definition) is 4. The van der Waals surface area contributed by atoms with Crippen LogP contribution >= 0.6 is 0 Å². The van der Waals surface area contributed by atoms with Crippen LogP contribution in [0.1, 0.15) is 48.2 Å². The molecule has 23 heavy (non-hydrogen) atoms. The molecule has 1 aromatic heterocycles. The third-order valence-electron chi connectivity index (χ3n) is 4.35. The Bertz CT molecular complexity index is 609. The van der Waals surface area contributed by atoms with Crippen molar-refractivity contribution in [3.05, 3.63) is 23.4 Å². The molecule has 3 rings (SSSR count). The molecule has 2 fully saturated rings. The van der Waals surface area contributed by atoms with E-state index in [-0.39, 0.29) is 11.6 Å². The van der Waals surface area contributed by atoms with Gasteiger partial charge >= 0.3 is 0 Å². The second-order valence-electron chi connectivity index (χ2n) is 6.68. The molecule has 1 atom stereocenters. The molecular weight excluding hydrogens is 294 g/mol. The van der Waals surface area contributed by atoms with Crippen LogP contribution in [0.3, 0.4) is 0 Å². The molecule has 0 aromatic carbocycles. The fourth-order valence-electron chi connectivity index (χ4n) is 2.43. The van der Waals surface area contributed by atoms with Crippen LogP contribution in [0.25, 0.3) is 0 Å². The number of pyridine rings is 1. The van der Waals surface area contributed by atoms with E-state index in [9.17, 15) is 9.59 Å². The van der Waals surface area contributed by atoms with Gasteiger partial charge in [-0.3, -0.25) is 9.59 Å². The Morgan fingerprint density at radius 2 is 2.00 bits per heavy atom. The van der Waals surface area contributed by atoms with Crippen LogP contribution in [0, 0.1) is 18.8 Å². The van der Waals surface area contributed by atoms with E-state index in [4.69, 9.17) is 10.5 Å². The number of nitrogens with zero attached hydrogens (tertiary/aromatic N) is 1. The lowest BCUT2D eigenvalue weighted by Gasteiger charge is -2.15. The standard InChI is InChI=1S/C17H23N3O3/c1-10-2-7-13(20-17(10)23-9-12-5-6-12)16(22)19-14(15(18)21)8-11-3-4-11/h2,7,11-12,14H,3-6,8-9H2,1H3,(H2,18,21)(H,19,22)/t14-/m0/s1. The molecule has 0 saturated heterocycles. The van der Waals surface area contributed by atoms with E-state index >= 15 is 0 Å². The highest BCUT2D eigenvalue weighted by molar-refractivity contribution is 5.96. The second kappa shape index (κ2) is 6.56. The number of nitrogens with one attached hydrogen (secondary N) is 1. The first kappa shape index (κ1) is 15.8. The summed E-state index contributed by atoms with van der Waals surface area (Å²) in [5.74, 6) is 0.721. The van der Waals surface area contributed by atoms with Crippen LogP contribution in [-0.2, 0) is 4.79 Å². The number of rotatable bonds is 8. The summed E-state index contributed by atoms with van der Waals surface area (Å²) < 4.78 is 5.70. The van der Waals surface area contributed by atoms with E-state index in [1.807, 2.05) is 13.0 Å². The predicted octanol–water partition coefficient (Wildman–Crippen LogP) is 1.56. The van der Waals surface area contributed by atoms with Gasteiger partial charge in [-0.1, -0.05) is 18.9 Å². The monoisotopic (exact) mass is 317 g/mol. The van der Waals surface area contributed by atoms with Gasteiger partial charge in [0.05, 0.1) is 6.61 Å². The molecule has 0 aliphatic heterocycles. The van der Waals surface area contributed by atoms with Crippen LogP contribution in [0.4, 0.5) is 0 Å². The second-order valence-corrected chi connectivity index (χ2v) is 6.68. The Kier molecular flexibility index (Phi) is 4.50. The van der Waals surface area contributed by atoms with Crippen LogP contribution in [0.15, 0.2) is 12.1 Å². The first-order valence-corrected chi connectivity index (χ1v) is 8.23. The summed E-state index contributed by atoms with van der Waals surface area (Å²) in [6, 6.07) is 2.82. The van der Waals surface area contributed by atoms with Crippen molar-refractivity contribution in [3.8, 4) is 5.88 Å². The fourth-order valence-corrected chi connectivity index (χ4v) is 2.43. The van der Waals surface area contributed by atoms with Gasteiger partial charge in [-0.05, 0) is 44.1 Å². The van der Waals surface area contributed by atoms with Gasteiger partial charge in [-0.25, -0.2) is 4.98 Å². The van der Waals surface area contributed by atoms with E-state index in [1.54, 1.807) is 6.07 Å². The molecule has 3 N–H and O–H groups in total. The van der Waals surface area contributed by atoms with Gasteiger partial charge in [0, 0.05) is 5.56 Å². The molecule has 0 unspecified atom stereocenters. The number of primary amides is 1. The smallest absolute Gasteiger partial charge is 0.270 e. The van der Waals surface area contributed by atoms with E-state index in [1.165, 1.54) is 12.8 Å². The van der Waals surface area contributed by atoms with Gasteiger partial charge in [-0.15, -0.1) is 0 Å². The lowest BCUT2D eigenvalue weighted by Crippen LogP contribution is -2.45. The predicted molar refractivity (Wildman–Crippen MR) is 85.0 cm³/mol. The third-order valence-corrected chi connectivity index (χ3v) is 4.35. The molecular formula is C17H23N3O3. The first-order chi connectivity index (χ1) is 11.0. The molecule has 1 aromatic rings. The van der Waals surface area contributed by atoms with Gasteiger partial charge in [-0.2, -0.15) is 0 Å². The number of hydrogen-bond donors (Lipinski definition) is 2. The summed E-state index contributed by atoms with van der Waals surface area (Å²) in [5, 5.41) is 2.70. The highest BCUT2D eigenvalue weighted by atomic mass is 16.5. The zero-order valence-electron chi connectivity index (χ0n) is 13.4. The SMILES string of the molecule is Cc1ccc(C(=O)N[C@@H](CC2CC2)C(N)=O)nc1OCC1CC1. The lowest BCUT2D eigenvalue weighted by atomic mass is 10.1. The number of aromatic nitrogens is 1. The molecule has 0 radical (unpaired) electrons. The summed E-state index contributed by atoms with van der Waals surface area (Å²) in [5.41, 5.74) is 6.53. The minimum Gasteiger partial charge on any atom is -0.477 e. The highest BCUT2D eigenvalue weighted by Gasteiger charge is 2.29. The summed E-state index contributed by atoms with van der Waals surface area (Å²) in [6.45, 7) is 2.54. The third kappa shape index (κ3) is 4.43. The first-order valence-electron chi connectivity index (χ1n) is 8.23. The highest BCUT2D eigenvalue weighted by Crippen LogP contribution is 2.33. The number of carbonyl (C=O) groups excluding carboxylic acids is 2. The molecule has 2 amide bonds. The van der Waals surface area contributed by atoms with Gasteiger partial charge < -0.3 is 15.8 Å². The maximum atomic E-state index is 12.3. The molecule has 2 saturated carbocycles. The molecule has 124 valence electrons. The Hall–Kier alpha value is -2.11.